The molecule has 98 valence electrons. The summed E-state index contributed by atoms with van der Waals surface area (Å²) >= 11 is 0. The molecule has 2 amide bonds. The topological polar surface area (TPSA) is 58.2 Å². The molecule has 0 radical (unpaired) electrons. The van der Waals surface area contributed by atoms with Gasteiger partial charge in [-0.2, -0.15) is 0 Å². The third kappa shape index (κ3) is 4.99. The largest absolute Gasteiger partial charge is 0.356 e. The van der Waals surface area contributed by atoms with Crippen LogP contribution in [0.5, 0.6) is 0 Å². The normalized spacial score (nSPS) is 9.94. The van der Waals surface area contributed by atoms with Gasteiger partial charge < -0.3 is 10.6 Å². The van der Waals surface area contributed by atoms with E-state index in [-0.39, 0.29) is 18.2 Å². The van der Waals surface area contributed by atoms with Gasteiger partial charge in [-0.15, -0.1) is 0 Å². The van der Waals surface area contributed by atoms with E-state index in [4.69, 9.17) is 0 Å². The fourth-order valence-electron chi connectivity index (χ4n) is 1.72. The molecule has 1 aromatic rings. The number of aryl methyl sites for hydroxylation is 2. The zero-order valence-corrected chi connectivity index (χ0v) is 11.2. The summed E-state index contributed by atoms with van der Waals surface area (Å²) in [5.41, 5.74) is 2.90. The molecule has 1 aromatic carbocycles. The smallest absolute Gasteiger partial charge is 0.233 e. The number of benzene rings is 1. The number of anilines is 1. The van der Waals surface area contributed by atoms with Crippen molar-refractivity contribution in [1.29, 1.82) is 0 Å². The van der Waals surface area contributed by atoms with Gasteiger partial charge in [-0.05, 0) is 43.5 Å². The van der Waals surface area contributed by atoms with Gasteiger partial charge >= 0.3 is 0 Å². The van der Waals surface area contributed by atoms with E-state index in [1.54, 1.807) is 0 Å². The van der Waals surface area contributed by atoms with Crippen molar-refractivity contribution in [3.8, 4) is 0 Å². The Kier molecular flexibility index (Phi) is 5.36. The molecule has 0 heterocycles. The number of nitrogens with one attached hydrogen (secondary N) is 2. The molecular weight excluding hydrogens is 228 g/mol. The second kappa shape index (κ2) is 6.79. The lowest BCUT2D eigenvalue weighted by molar-refractivity contribution is -0.126. The minimum atomic E-state index is -0.284. The van der Waals surface area contributed by atoms with Crippen molar-refractivity contribution in [1.82, 2.24) is 5.32 Å². The molecule has 0 saturated heterocycles. The highest BCUT2D eigenvalue weighted by Gasteiger charge is 2.09. The van der Waals surface area contributed by atoms with Crippen LogP contribution in [0.1, 0.15) is 30.9 Å². The molecule has 0 fully saturated rings. The predicted molar refractivity (Wildman–Crippen MR) is 72.5 cm³/mol. The maximum absolute atomic E-state index is 11.6. The van der Waals surface area contributed by atoms with Crippen molar-refractivity contribution in [2.24, 2.45) is 0 Å². The monoisotopic (exact) mass is 248 g/mol. The van der Waals surface area contributed by atoms with E-state index < -0.39 is 0 Å². The number of hydrogen-bond acceptors (Lipinski definition) is 2. The molecule has 0 aliphatic heterocycles. The van der Waals surface area contributed by atoms with Crippen LogP contribution in [-0.2, 0) is 9.59 Å². The van der Waals surface area contributed by atoms with Gasteiger partial charge in [0.15, 0.2) is 0 Å². The molecule has 0 bridgehead atoms. The highest BCUT2D eigenvalue weighted by atomic mass is 16.2. The Morgan fingerprint density at radius 2 is 1.67 bits per heavy atom. The molecule has 0 spiro atoms. The highest BCUT2D eigenvalue weighted by molar-refractivity contribution is 6.03. The SMILES string of the molecule is CCCNC(=O)CC(=O)Nc1cc(C)cc(C)c1. The Morgan fingerprint density at radius 1 is 1.06 bits per heavy atom. The quantitative estimate of drug-likeness (QED) is 0.784. The zero-order valence-electron chi connectivity index (χ0n) is 11.2. The summed E-state index contributed by atoms with van der Waals surface area (Å²) in [7, 11) is 0. The first-order chi connectivity index (χ1) is 8.51. The summed E-state index contributed by atoms with van der Waals surface area (Å²) in [5, 5.41) is 5.40. The Labute approximate surface area is 108 Å². The van der Waals surface area contributed by atoms with Crippen LogP contribution in [0.25, 0.3) is 0 Å². The summed E-state index contributed by atoms with van der Waals surface area (Å²) in [6, 6.07) is 5.80. The number of rotatable bonds is 5. The van der Waals surface area contributed by atoms with Crippen LogP contribution in [-0.4, -0.2) is 18.4 Å². The van der Waals surface area contributed by atoms with E-state index in [0.29, 0.717) is 6.54 Å². The van der Waals surface area contributed by atoms with Crippen LogP contribution in [0.4, 0.5) is 5.69 Å². The second-order valence-corrected chi connectivity index (χ2v) is 4.45. The number of carbonyl (C=O) groups excluding carboxylic acids is 2. The molecule has 0 atom stereocenters. The Hall–Kier alpha value is -1.84. The van der Waals surface area contributed by atoms with E-state index in [9.17, 15) is 9.59 Å². The van der Waals surface area contributed by atoms with Crippen molar-refractivity contribution in [3.63, 3.8) is 0 Å². The predicted octanol–water partition coefficient (Wildman–Crippen LogP) is 2.16. The molecule has 0 aliphatic carbocycles. The third-order valence-corrected chi connectivity index (χ3v) is 2.40. The van der Waals surface area contributed by atoms with Gasteiger partial charge in [0.25, 0.3) is 0 Å². The van der Waals surface area contributed by atoms with Crippen molar-refractivity contribution >= 4 is 17.5 Å². The van der Waals surface area contributed by atoms with E-state index in [1.165, 1.54) is 0 Å². The molecule has 0 saturated carbocycles. The minimum absolute atomic E-state index is 0.132. The number of carbonyl (C=O) groups is 2. The average molecular weight is 248 g/mol. The van der Waals surface area contributed by atoms with Crippen LogP contribution in [0.2, 0.25) is 0 Å². The summed E-state index contributed by atoms with van der Waals surface area (Å²) in [6.45, 7) is 6.51. The lowest BCUT2D eigenvalue weighted by atomic mass is 10.1. The van der Waals surface area contributed by atoms with Crippen LogP contribution < -0.4 is 10.6 Å². The Morgan fingerprint density at radius 3 is 2.22 bits per heavy atom. The number of amides is 2. The van der Waals surface area contributed by atoms with Gasteiger partial charge in [0.1, 0.15) is 6.42 Å². The average Bonchev–Trinajstić information content (AvgIpc) is 2.24. The van der Waals surface area contributed by atoms with E-state index in [1.807, 2.05) is 39.0 Å². The van der Waals surface area contributed by atoms with Gasteiger partial charge in [-0.25, -0.2) is 0 Å². The first-order valence-electron chi connectivity index (χ1n) is 6.16. The van der Waals surface area contributed by atoms with Crippen LogP contribution in [0.3, 0.4) is 0 Å². The van der Waals surface area contributed by atoms with Gasteiger partial charge in [0, 0.05) is 12.2 Å². The molecule has 2 N–H and O–H groups in total. The fraction of sp³-hybridized carbons (Fsp3) is 0.429. The number of hydrogen-bond donors (Lipinski definition) is 2. The summed E-state index contributed by atoms with van der Waals surface area (Å²) < 4.78 is 0. The molecular formula is C14H20N2O2. The molecule has 0 aliphatic rings. The highest BCUT2D eigenvalue weighted by Crippen LogP contribution is 2.13. The van der Waals surface area contributed by atoms with Crippen LogP contribution >= 0.6 is 0 Å². The summed E-state index contributed by atoms with van der Waals surface area (Å²) in [4.78, 5) is 23.0. The van der Waals surface area contributed by atoms with E-state index in [2.05, 4.69) is 10.6 Å². The van der Waals surface area contributed by atoms with Crippen molar-refractivity contribution in [2.45, 2.75) is 33.6 Å². The second-order valence-electron chi connectivity index (χ2n) is 4.45. The fourth-order valence-corrected chi connectivity index (χ4v) is 1.72. The summed E-state index contributed by atoms with van der Waals surface area (Å²) in [6.07, 6.45) is 0.734. The molecule has 0 unspecified atom stereocenters. The lowest BCUT2D eigenvalue weighted by Crippen LogP contribution is -2.28. The van der Waals surface area contributed by atoms with E-state index >= 15 is 0 Å². The zero-order chi connectivity index (χ0) is 13.5. The van der Waals surface area contributed by atoms with Gasteiger partial charge in [0.2, 0.25) is 11.8 Å². The first kappa shape index (κ1) is 14.2. The van der Waals surface area contributed by atoms with Gasteiger partial charge in [-0.1, -0.05) is 13.0 Å². The maximum atomic E-state index is 11.6. The van der Waals surface area contributed by atoms with E-state index in [0.717, 1.165) is 23.2 Å². The van der Waals surface area contributed by atoms with Gasteiger partial charge in [0.05, 0.1) is 0 Å². The van der Waals surface area contributed by atoms with Crippen molar-refractivity contribution < 1.29 is 9.59 Å². The van der Waals surface area contributed by atoms with Gasteiger partial charge in [-0.3, -0.25) is 9.59 Å². The van der Waals surface area contributed by atoms with Crippen LogP contribution in [0.15, 0.2) is 18.2 Å². The molecule has 18 heavy (non-hydrogen) atoms. The Balaban J connectivity index is 2.51. The Bertz CT molecular complexity index is 421. The minimum Gasteiger partial charge on any atom is -0.356 e. The maximum Gasteiger partial charge on any atom is 0.233 e. The lowest BCUT2D eigenvalue weighted by Gasteiger charge is -2.07. The van der Waals surface area contributed by atoms with Crippen molar-refractivity contribution in [2.75, 3.05) is 11.9 Å². The summed E-state index contributed by atoms with van der Waals surface area (Å²) in [5.74, 6) is -0.521. The van der Waals surface area contributed by atoms with Crippen molar-refractivity contribution in [3.05, 3.63) is 29.3 Å². The molecule has 4 heteroatoms. The molecule has 0 aromatic heterocycles. The first-order valence-corrected chi connectivity index (χ1v) is 6.16. The molecule has 1 rings (SSSR count). The third-order valence-electron chi connectivity index (χ3n) is 2.40. The molecule has 4 nitrogen and oxygen atoms in total. The van der Waals surface area contributed by atoms with Crippen LogP contribution in [0, 0.1) is 13.8 Å². The standard InChI is InChI=1S/C14H20N2O2/c1-4-5-15-13(17)9-14(18)16-12-7-10(2)6-11(3)8-12/h6-8H,4-5,9H2,1-3H3,(H,15,17)(H,16,18).